The Morgan fingerprint density at radius 3 is 2.27 bits per heavy atom. The zero-order chi connectivity index (χ0) is 11.7. The van der Waals surface area contributed by atoms with E-state index in [1.54, 1.807) is 13.8 Å². The van der Waals surface area contributed by atoms with Gasteiger partial charge in [-0.2, -0.15) is 0 Å². The van der Waals surface area contributed by atoms with E-state index in [2.05, 4.69) is 5.32 Å². The molecule has 0 unspecified atom stereocenters. The summed E-state index contributed by atoms with van der Waals surface area (Å²) in [5.74, 6) is -1.14. The molecule has 1 rings (SSSR count). The lowest BCUT2D eigenvalue weighted by Crippen LogP contribution is -2.54. The summed E-state index contributed by atoms with van der Waals surface area (Å²) in [5.41, 5.74) is 3.88. The first kappa shape index (κ1) is 12.0. The van der Waals surface area contributed by atoms with Gasteiger partial charge in [0.15, 0.2) is 0 Å². The molecule has 0 spiro atoms. The first-order valence-electron chi connectivity index (χ1n) is 5.08. The van der Waals surface area contributed by atoms with Crippen molar-refractivity contribution in [2.24, 2.45) is 11.1 Å². The lowest BCUT2D eigenvalue weighted by Gasteiger charge is -2.38. The molecule has 0 heterocycles. The highest BCUT2D eigenvalue weighted by Gasteiger charge is 2.44. The van der Waals surface area contributed by atoms with Crippen LogP contribution in [-0.2, 0) is 9.59 Å². The molecule has 0 aromatic rings. The number of carboxylic acids is 1. The van der Waals surface area contributed by atoms with Crippen molar-refractivity contribution in [2.75, 3.05) is 6.54 Å². The van der Waals surface area contributed by atoms with Crippen LogP contribution < -0.4 is 11.1 Å². The minimum atomic E-state index is -0.955. The minimum Gasteiger partial charge on any atom is -0.481 e. The van der Waals surface area contributed by atoms with Crippen molar-refractivity contribution >= 4 is 11.9 Å². The summed E-state index contributed by atoms with van der Waals surface area (Å²) in [6, 6.07) is 0. The maximum absolute atomic E-state index is 11.4. The quantitative estimate of drug-likeness (QED) is 0.618. The third kappa shape index (κ3) is 2.47. The maximum Gasteiger partial charge on any atom is 0.311 e. The van der Waals surface area contributed by atoms with Crippen molar-refractivity contribution in [2.45, 2.75) is 38.6 Å². The Kier molecular flexibility index (Phi) is 3.04. The van der Waals surface area contributed by atoms with Gasteiger partial charge in [-0.3, -0.25) is 9.59 Å². The molecule has 0 bridgehead atoms. The van der Waals surface area contributed by atoms with Crippen molar-refractivity contribution in [3.8, 4) is 0 Å². The van der Waals surface area contributed by atoms with Crippen LogP contribution in [0.4, 0.5) is 0 Å². The standard InChI is InChI=1S/C10H18N2O3/c1-9(2,11)7(13)12-6-10(8(14)15)4-3-5-10/h3-6,11H2,1-2H3,(H,12,13)(H,14,15). The van der Waals surface area contributed by atoms with Crippen LogP contribution in [-0.4, -0.2) is 29.1 Å². The van der Waals surface area contributed by atoms with Crippen molar-refractivity contribution < 1.29 is 14.7 Å². The zero-order valence-corrected chi connectivity index (χ0v) is 9.17. The number of amides is 1. The first-order chi connectivity index (χ1) is 6.78. The molecule has 1 amide bonds. The fraction of sp³-hybridized carbons (Fsp3) is 0.800. The summed E-state index contributed by atoms with van der Waals surface area (Å²) >= 11 is 0. The fourth-order valence-corrected chi connectivity index (χ4v) is 1.55. The molecule has 0 aromatic carbocycles. The van der Waals surface area contributed by atoms with Gasteiger partial charge < -0.3 is 16.2 Å². The molecule has 1 saturated carbocycles. The average molecular weight is 214 g/mol. The van der Waals surface area contributed by atoms with Crippen molar-refractivity contribution in [3.63, 3.8) is 0 Å². The molecule has 4 N–H and O–H groups in total. The van der Waals surface area contributed by atoms with E-state index in [4.69, 9.17) is 10.8 Å². The molecule has 5 heteroatoms. The van der Waals surface area contributed by atoms with E-state index in [0.29, 0.717) is 12.8 Å². The third-order valence-corrected chi connectivity index (χ3v) is 2.94. The second-order valence-electron chi connectivity index (χ2n) is 4.84. The summed E-state index contributed by atoms with van der Waals surface area (Å²) in [7, 11) is 0. The van der Waals surface area contributed by atoms with Crippen molar-refractivity contribution in [1.29, 1.82) is 0 Å². The number of carboxylic acid groups (broad SMARTS) is 1. The average Bonchev–Trinajstić information content (AvgIpc) is 1.99. The molecule has 0 saturated heterocycles. The van der Waals surface area contributed by atoms with Crippen LogP contribution in [0.3, 0.4) is 0 Å². The smallest absolute Gasteiger partial charge is 0.311 e. The van der Waals surface area contributed by atoms with Gasteiger partial charge in [0, 0.05) is 6.54 Å². The number of carbonyl (C=O) groups excluding carboxylic acids is 1. The summed E-state index contributed by atoms with van der Waals surface area (Å²) in [6.07, 6.45) is 2.18. The molecular formula is C10H18N2O3. The summed E-state index contributed by atoms with van der Waals surface area (Å²) < 4.78 is 0. The van der Waals surface area contributed by atoms with Gasteiger partial charge in [0.1, 0.15) is 0 Å². The number of aliphatic carboxylic acids is 1. The molecule has 5 nitrogen and oxygen atoms in total. The van der Waals surface area contributed by atoms with Crippen LogP contribution in [0.25, 0.3) is 0 Å². The Morgan fingerprint density at radius 1 is 1.47 bits per heavy atom. The van der Waals surface area contributed by atoms with Crippen LogP contribution >= 0.6 is 0 Å². The molecule has 86 valence electrons. The van der Waals surface area contributed by atoms with Gasteiger partial charge >= 0.3 is 5.97 Å². The summed E-state index contributed by atoms with van der Waals surface area (Å²) in [4.78, 5) is 22.4. The monoisotopic (exact) mass is 214 g/mol. The number of hydrogen-bond donors (Lipinski definition) is 3. The van der Waals surface area contributed by atoms with Gasteiger partial charge in [-0.1, -0.05) is 6.42 Å². The Morgan fingerprint density at radius 2 is 2.00 bits per heavy atom. The SMILES string of the molecule is CC(C)(N)C(=O)NCC1(C(=O)O)CCC1. The van der Waals surface area contributed by atoms with Gasteiger partial charge in [-0.15, -0.1) is 0 Å². The van der Waals surface area contributed by atoms with Gasteiger partial charge in [0.05, 0.1) is 11.0 Å². The number of nitrogens with one attached hydrogen (secondary N) is 1. The second kappa shape index (κ2) is 3.81. The lowest BCUT2D eigenvalue weighted by atomic mass is 9.68. The van der Waals surface area contributed by atoms with Crippen LogP contribution in [0.2, 0.25) is 0 Å². The molecule has 1 aliphatic carbocycles. The molecular weight excluding hydrogens is 196 g/mol. The van der Waals surface area contributed by atoms with Crippen LogP contribution in [0.5, 0.6) is 0 Å². The Balaban J connectivity index is 2.49. The Bertz CT molecular complexity index is 277. The molecule has 0 atom stereocenters. The molecule has 1 aliphatic rings. The zero-order valence-electron chi connectivity index (χ0n) is 9.17. The largest absolute Gasteiger partial charge is 0.481 e. The Labute approximate surface area is 89.0 Å². The normalized spacial score (nSPS) is 19.1. The van der Waals surface area contributed by atoms with Crippen LogP contribution in [0.1, 0.15) is 33.1 Å². The molecule has 0 aromatic heterocycles. The van der Waals surface area contributed by atoms with E-state index >= 15 is 0 Å². The minimum absolute atomic E-state index is 0.182. The molecule has 0 radical (unpaired) electrons. The third-order valence-electron chi connectivity index (χ3n) is 2.94. The predicted molar refractivity (Wildman–Crippen MR) is 55.2 cm³/mol. The maximum atomic E-state index is 11.4. The van der Waals surface area contributed by atoms with E-state index < -0.39 is 16.9 Å². The van der Waals surface area contributed by atoms with Gasteiger partial charge in [0.2, 0.25) is 5.91 Å². The molecule has 15 heavy (non-hydrogen) atoms. The molecule has 0 aliphatic heterocycles. The number of carbonyl (C=O) groups is 2. The van der Waals surface area contributed by atoms with Gasteiger partial charge in [-0.25, -0.2) is 0 Å². The van der Waals surface area contributed by atoms with Crippen molar-refractivity contribution in [3.05, 3.63) is 0 Å². The number of nitrogens with two attached hydrogens (primary N) is 1. The molecule has 1 fully saturated rings. The fourth-order valence-electron chi connectivity index (χ4n) is 1.55. The second-order valence-corrected chi connectivity index (χ2v) is 4.84. The van der Waals surface area contributed by atoms with E-state index in [9.17, 15) is 9.59 Å². The highest BCUT2D eigenvalue weighted by Crippen LogP contribution is 2.40. The first-order valence-corrected chi connectivity index (χ1v) is 5.08. The Hall–Kier alpha value is -1.10. The lowest BCUT2D eigenvalue weighted by molar-refractivity contribution is -0.154. The van der Waals surface area contributed by atoms with Gasteiger partial charge in [-0.05, 0) is 26.7 Å². The van der Waals surface area contributed by atoms with Crippen LogP contribution in [0, 0.1) is 5.41 Å². The summed E-state index contributed by atoms with van der Waals surface area (Å²) in [6.45, 7) is 3.37. The summed E-state index contributed by atoms with van der Waals surface area (Å²) in [5, 5.41) is 11.6. The van der Waals surface area contributed by atoms with Crippen LogP contribution in [0.15, 0.2) is 0 Å². The van der Waals surface area contributed by atoms with Gasteiger partial charge in [0.25, 0.3) is 0 Å². The van der Waals surface area contributed by atoms with E-state index in [1.807, 2.05) is 0 Å². The number of rotatable bonds is 4. The van der Waals surface area contributed by atoms with E-state index in [-0.39, 0.29) is 12.5 Å². The predicted octanol–water partition coefficient (Wildman–Crippen LogP) is 0.0948. The number of hydrogen-bond acceptors (Lipinski definition) is 3. The van der Waals surface area contributed by atoms with E-state index in [0.717, 1.165) is 6.42 Å². The van der Waals surface area contributed by atoms with Crippen molar-refractivity contribution in [1.82, 2.24) is 5.32 Å². The highest BCUT2D eigenvalue weighted by atomic mass is 16.4. The highest BCUT2D eigenvalue weighted by molar-refractivity contribution is 5.86. The van der Waals surface area contributed by atoms with E-state index in [1.165, 1.54) is 0 Å². The topological polar surface area (TPSA) is 92.4 Å².